The predicted molar refractivity (Wildman–Crippen MR) is 115 cm³/mol. The van der Waals surface area contributed by atoms with Crippen LogP contribution >= 0.6 is 0 Å². The largest absolute Gasteiger partial charge is 0.439 e. The third kappa shape index (κ3) is 3.75. The first-order valence-electron chi connectivity index (χ1n) is 11.1. The van der Waals surface area contributed by atoms with Gasteiger partial charge < -0.3 is 14.4 Å². The summed E-state index contributed by atoms with van der Waals surface area (Å²) in [7, 11) is 0. The Bertz CT molecular complexity index is 1010. The monoisotopic (exact) mass is 438 g/mol. The number of benzene rings is 2. The van der Waals surface area contributed by atoms with Gasteiger partial charge in [-0.25, -0.2) is 9.18 Å². The topological polar surface area (TPSA) is 59.1 Å². The summed E-state index contributed by atoms with van der Waals surface area (Å²) in [6, 6.07) is 16.1. The second-order valence-corrected chi connectivity index (χ2v) is 9.07. The fraction of sp³-hybridized carbons (Fsp3) is 0.440. The van der Waals surface area contributed by atoms with Gasteiger partial charge in [0.2, 0.25) is 5.91 Å². The average Bonchev–Trinajstić information content (AvgIpc) is 3.36. The third-order valence-electron chi connectivity index (χ3n) is 6.99. The fourth-order valence-electron chi connectivity index (χ4n) is 5.28. The Kier molecular flexibility index (Phi) is 5.37. The third-order valence-corrected chi connectivity index (χ3v) is 6.99. The van der Waals surface area contributed by atoms with Crippen LogP contribution in [0.15, 0.2) is 54.6 Å². The van der Waals surface area contributed by atoms with Crippen LogP contribution < -0.4 is 0 Å². The van der Waals surface area contributed by atoms with Crippen LogP contribution in [0.2, 0.25) is 0 Å². The molecule has 0 aromatic heterocycles. The molecule has 5 rings (SSSR count). The maximum atomic E-state index is 14.0. The maximum Gasteiger partial charge on any atom is 0.410 e. The smallest absolute Gasteiger partial charge is 0.410 e. The van der Waals surface area contributed by atoms with Crippen molar-refractivity contribution in [2.24, 2.45) is 0 Å². The van der Waals surface area contributed by atoms with E-state index in [1.165, 1.54) is 12.1 Å². The van der Waals surface area contributed by atoms with Crippen molar-refractivity contribution in [3.63, 3.8) is 0 Å². The highest BCUT2D eigenvalue weighted by atomic mass is 19.1. The van der Waals surface area contributed by atoms with Crippen LogP contribution in [0.3, 0.4) is 0 Å². The van der Waals surface area contributed by atoms with Crippen molar-refractivity contribution in [2.45, 2.75) is 36.8 Å². The summed E-state index contributed by atoms with van der Waals surface area (Å²) < 4.78 is 25.4. The number of amides is 2. The van der Waals surface area contributed by atoms with E-state index in [0.717, 1.165) is 5.56 Å². The molecule has 0 saturated carbocycles. The van der Waals surface area contributed by atoms with Crippen molar-refractivity contribution in [3.8, 4) is 0 Å². The van der Waals surface area contributed by atoms with Crippen molar-refractivity contribution in [3.05, 3.63) is 71.5 Å². The van der Waals surface area contributed by atoms with Gasteiger partial charge in [0, 0.05) is 32.7 Å². The van der Waals surface area contributed by atoms with E-state index < -0.39 is 11.0 Å². The number of hydrogen-bond acceptors (Lipinski definition) is 4. The van der Waals surface area contributed by atoms with Gasteiger partial charge in [0.15, 0.2) is 5.60 Å². The lowest BCUT2D eigenvalue weighted by molar-refractivity contribution is -0.141. The molecule has 2 amide bonds. The van der Waals surface area contributed by atoms with Gasteiger partial charge in [-0.2, -0.15) is 0 Å². The second-order valence-electron chi connectivity index (χ2n) is 9.07. The first-order valence-corrected chi connectivity index (χ1v) is 11.1. The van der Waals surface area contributed by atoms with Gasteiger partial charge in [-0.3, -0.25) is 9.69 Å². The Morgan fingerprint density at radius 2 is 1.78 bits per heavy atom. The molecule has 3 aliphatic heterocycles. The van der Waals surface area contributed by atoms with E-state index >= 15 is 0 Å². The molecule has 3 fully saturated rings. The molecule has 6 nitrogen and oxygen atoms in total. The molecule has 32 heavy (non-hydrogen) atoms. The lowest BCUT2D eigenvalue weighted by Gasteiger charge is -2.39. The van der Waals surface area contributed by atoms with Gasteiger partial charge in [-0.15, -0.1) is 0 Å². The van der Waals surface area contributed by atoms with Crippen molar-refractivity contribution < 1.29 is 23.5 Å². The quantitative estimate of drug-likeness (QED) is 0.733. The van der Waals surface area contributed by atoms with E-state index in [1.807, 2.05) is 36.4 Å². The van der Waals surface area contributed by atoms with Crippen LogP contribution in [0.4, 0.5) is 9.18 Å². The van der Waals surface area contributed by atoms with Gasteiger partial charge in [0.05, 0.1) is 18.5 Å². The van der Waals surface area contributed by atoms with Crippen LogP contribution in [0.25, 0.3) is 0 Å². The summed E-state index contributed by atoms with van der Waals surface area (Å²) in [6.07, 6.45) is 1.29. The number of halogens is 1. The van der Waals surface area contributed by atoms with Crippen LogP contribution in [0.1, 0.15) is 30.4 Å². The molecule has 1 atom stereocenters. The van der Waals surface area contributed by atoms with Gasteiger partial charge >= 0.3 is 6.09 Å². The summed E-state index contributed by atoms with van der Waals surface area (Å²) in [4.78, 5) is 29.9. The van der Waals surface area contributed by atoms with Crippen LogP contribution in [0.5, 0.6) is 0 Å². The molecule has 2 aromatic carbocycles. The number of nitrogens with zero attached hydrogens (tertiary/aromatic N) is 2. The van der Waals surface area contributed by atoms with Crippen molar-refractivity contribution in [1.82, 2.24) is 9.80 Å². The lowest BCUT2D eigenvalue weighted by atomic mass is 9.73. The molecule has 3 heterocycles. The summed E-state index contributed by atoms with van der Waals surface area (Å²) in [6.45, 7) is 2.74. The minimum Gasteiger partial charge on any atom is -0.439 e. The highest BCUT2D eigenvalue weighted by Gasteiger charge is 2.53. The number of carbonyl (C=O) groups is 2. The molecule has 168 valence electrons. The highest BCUT2D eigenvalue weighted by molar-refractivity contribution is 5.89. The highest BCUT2D eigenvalue weighted by Crippen LogP contribution is 2.40. The minimum absolute atomic E-state index is 0.0270. The second kappa shape index (κ2) is 8.20. The lowest BCUT2D eigenvalue weighted by Crippen LogP contribution is -2.50. The molecule has 2 aromatic rings. The first-order chi connectivity index (χ1) is 15.5. The van der Waals surface area contributed by atoms with E-state index in [1.54, 1.807) is 15.9 Å². The molecule has 0 N–H and O–H groups in total. The summed E-state index contributed by atoms with van der Waals surface area (Å²) in [5, 5.41) is 0. The van der Waals surface area contributed by atoms with Gasteiger partial charge in [0.25, 0.3) is 0 Å². The van der Waals surface area contributed by atoms with Crippen LogP contribution in [0, 0.1) is 5.82 Å². The molecule has 0 aliphatic carbocycles. The van der Waals surface area contributed by atoms with E-state index in [4.69, 9.17) is 9.47 Å². The molecule has 3 aliphatic rings. The van der Waals surface area contributed by atoms with Gasteiger partial charge in [0.1, 0.15) is 5.82 Å². The predicted octanol–water partition coefficient (Wildman–Crippen LogP) is 3.50. The number of rotatable bonds is 4. The molecule has 0 bridgehead atoms. The Hall–Kier alpha value is -2.93. The Morgan fingerprint density at radius 3 is 2.53 bits per heavy atom. The molecular formula is C25H27FN2O4. The first kappa shape index (κ1) is 20.9. The van der Waals surface area contributed by atoms with Gasteiger partial charge in [-0.05, 0) is 36.1 Å². The van der Waals surface area contributed by atoms with E-state index in [-0.39, 0.29) is 17.8 Å². The molecule has 0 unspecified atom stereocenters. The van der Waals surface area contributed by atoms with E-state index in [2.05, 4.69) is 0 Å². The molecule has 1 spiro atoms. The average molecular weight is 438 g/mol. The normalized spacial score (nSPS) is 24.7. The summed E-state index contributed by atoms with van der Waals surface area (Å²) >= 11 is 0. The summed E-state index contributed by atoms with van der Waals surface area (Å²) in [5.41, 5.74) is 0.245. The number of likely N-dealkylation sites (tertiary alicyclic amines) is 1. The van der Waals surface area contributed by atoms with Gasteiger partial charge in [-0.1, -0.05) is 42.5 Å². The van der Waals surface area contributed by atoms with E-state index in [9.17, 15) is 14.0 Å². The molecule has 7 heteroatoms. The van der Waals surface area contributed by atoms with E-state index in [0.29, 0.717) is 64.2 Å². The molecule has 3 saturated heterocycles. The zero-order valence-corrected chi connectivity index (χ0v) is 18.0. The van der Waals surface area contributed by atoms with Crippen LogP contribution in [-0.2, 0) is 26.2 Å². The molecule has 0 radical (unpaired) electrons. The Labute approximate surface area is 186 Å². The number of ether oxygens (including phenoxy) is 2. The SMILES string of the molecule is O=C1O[C@]2(CCN(C(=O)C3(c4cccc(F)c4)CCOCC3)C2)CN1Cc1ccccc1. The van der Waals surface area contributed by atoms with Crippen molar-refractivity contribution in [1.29, 1.82) is 0 Å². The van der Waals surface area contributed by atoms with Crippen molar-refractivity contribution in [2.75, 3.05) is 32.8 Å². The standard InChI is InChI=1S/C25H27FN2O4/c26-21-8-4-7-20(15-21)25(10-13-31-14-11-25)22(29)27-12-9-24(17-27)18-28(23(30)32-24)16-19-5-2-1-3-6-19/h1-8,15H,9-14,16-18H2/t24-/m0/s1. The summed E-state index contributed by atoms with van der Waals surface area (Å²) in [5.74, 6) is -0.374. The number of hydrogen-bond donors (Lipinski definition) is 0. The zero-order chi connectivity index (χ0) is 22.2. The Morgan fingerprint density at radius 1 is 1.00 bits per heavy atom. The maximum absolute atomic E-state index is 14.0. The Balaban J connectivity index is 1.34. The zero-order valence-electron chi connectivity index (χ0n) is 18.0. The van der Waals surface area contributed by atoms with Crippen LogP contribution in [-0.4, -0.2) is 60.2 Å². The fourth-order valence-corrected chi connectivity index (χ4v) is 5.28. The van der Waals surface area contributed by atoms with Crippen molar-refractivity contribution >= 4 is 12.0 Å². The minimum atomic E-state index is -0.807. The molecular weight excluding hydrogens is 411 g/mol. The number of carbonyl (C=O) groups excluding carboxylic acids is 2.